The van der Waals surface area contributed by atoms with Crippen molar-refractivity contribution in [2.45, 2.75) is 19.8 Å². The second kappa shape index (κ2) is 5.52. The Morgan fingerprint density at radius 1 is 1.19 bits per heavy atom. The SMILES string of the molecule is Cc1cccc(C(=O)N2CCc3ccc(=O)[nH]c3CC2)n1. The Hall–Kier alpha value is -2.43. The molecule has 3 rings (SSSR count). The Morgan fingerprint density at radius 3 is 2.81 bits per heavy atom. The first-order chi connectivity index (χ1) is 10.1. The third-order valence-electron chi connectivity index (χ3n) is 3.78. The Morgan fingerprint density at radius 2 is 2.00 bits per heavy atom. The van der Waals surface area contributed by atoms with Gasteiger partial charge in [0.1, 0.15) is 5.69 Å². The fourth-order valence-electron chi connectivity index (χ4n) is 2.65. The number of rotatable bonds is 1. The van der Waals surface area contributed by atoms with Crippen molar-refractivity contribution in [3.8, 4) is 0 Å². The third-order valence-corrected chi connectivity index (χ3v) is 3.78. The first kappa shape index (κ1) is 13.5. The van der Waals surface area contributed by atoms with Crippen molar-refractivity contribution in [3.63, 3.8) is 0 Å². The molecule has 0 aliphatic carbocycles. The molecule has 0 atom stereocenters. The number of hydrogen-bond acceptors (Lipinski definition) is 3. The molecule has 1 amide bonds. The van der Waals surface area contributed by atoms with Gasteiger partial charge in [-0.3, -0.25) is 9.59 Å². The van der Waals surface area contributed by atoms with Gasteiger partial charge in [-0.2, -0.15) is 0 Å². The van der Waals surface area contributed by atoms with Crippen LogP contribution in [0.1, 0.15) is 27.4 Å². The molecule has 0 aromatic carbocycles. The van der Waals surface area contributed by atoms with Gasteiger partial charge in [-0.25, -0.2) is 4.98 Å². The molecule has 0 unspecified atom stereocenters. The van der Waals surface area contributed by atoms with Crippen molar-refractivity contribution >= 4 is 5.91 Å². The van der Waals surface area contributed by atoms with E-state index < -0.39 is 0 Å². The van der Waals surface area contributed by atoms with Gasteiger partial charge in [0.25, 0.3) is 5.91 Å². The smallest absolute Gasteiger partial charge is 0.272 e. The maximum Gasteiger partial charge on any atom is 0.272 e. The summed E-state index contributed by atoms with van der Waals surface area (Å²) in [5.41, 5.74) is 3.28. The highest BCUT2D eigenvalue weighted by molar-refractivity contribution is 5.92. The summed E-state index contributed by atoms with van der Waals surface area (Å²) < 4.78 is 0. The Labute approximate surface area is 122 Å². The molecule has 1 aliphatic heterocycles. The number of carbonyl (C=O) groups is 1. The third kappa shape index (κ3) is 2.86. The number of amides is 1. The van der Waals surface area contributed by atoms with Crippen LogP contribution in [0, 0.1) is 6.92 Å². The van der Waals surface area contributed by atoms with Gasteiger partial charge in [0, 0.05) is 37.0 Å². The van der Waals surface area contributed by atoms with Gasteiger partial charge in [0.2, 0.25) is 5.56 Å². The van der Waals surface area contributed by atoms with Gasteiger partial charge in [-0.1, -0.05) is 12.1 Å². The van der Waals surface area contributed by atoms with Crippen LogP contribution in [-0.4, -0.2) is 33.9 Å². The van der Waals surface area contributed by atoms with Crippen molar-refractivity contribution in [1.29, 1.82) is 0 Å². The van der Waals surface area contributed by atoms with E-state index in [1.54, 1.807) is 17.0 Å². The van der Waals surface area contributed by atoms with Gasteiger partial charge in [-0.05, 0) is 31.0 Å². The van der Waals surface area contributed by atoms with E-state index in [9.17, 15) is 9.59 Å². The molecule has 21 heavy (non-hydrogen) atoms. The molecule has 1 aliphatic rings. The largest absolute Gasteiger partial charge is 0.337 e. The van der Waals surface area contributed by atoms with Crippen LogP contribution in [-0.2, 0) is 12.8 Å². The zero-order chi connectivity index (χ0) is 14.8. The number of nitrogens with zero attached hydrogens (tertiary/aromatic N) is 2. The first-order valence-electron chi connectivity index (χ1n) is 7.07. The van der Waals surface area contributed by atoms with E-state index in [1.165, 1.54) is 0 Å². The summed E-state index contributed by atoms with van der Waals surface area (Å²) in [6, 6.07) is 8.86. The minimum Gasteiger partial charge on any atom is -0.337 e. The van der Waals surface area contributed by atoms with Crippen LogP contribution in [0.3, 0.4) is 0 Å². The van der Waals surface area contributed by atoms with Crippen LogP contribution >= 0.6 is 0 Å². The van der Waals surface area contributed by atoms with Crippen LogP contribution < -0.4 is 5.56 Å². The summed E-state index contributed by atoms with van der Waals surface area (Å²) in [5.74, 6) is -0.0474. The van der Waals surface area contributed by atoms with Gasteiger partial charge in [0.05, 0.1) is 0 Å². The molecular formula is C16H17N3O2. The highest BCUT2D eigenvalue weighted by Gasteiger charge is 2.20. The second-order valence-electron chi connectivity index (χ2n) is 5.28. The molecule has 5 heteroatoms. The lowest BCUT2D eigenvalue weighted by Crippen LogP contribution is -2.34. The number of nitrogens with one attached hydrogen (secondary N) is 1. The summed E-state index contributed by atoms with van der Waals surface area (Å²) in [7, 11) is 0. The van der Waals surface area contributed by atoms with E-state index in [2.05, 4.69) is 9.97 Å². The van der Waals surface area contributed by atoms with Crippen LogP contribution in [0.2, 0.25) is 0 Å². The lowest BCUT2D eigenvalue weighted by atomic mass is 10.1. The van der Waals surface area contributed by atoms with Crippen LogP contribution in [0.15, 0.2) is 35.1 Å². The standard InChI is InChI=1S/C16H17N3O2/c1-11-3-2-4-14(17-11)16(21)19-9-7-12-5-6-15(20)18-13(12)8-10-19/h2-6H,7-10H2,1H3,(H,18,20). The molecule has 0 fully saturated rings. The Balaban J connectivity index is 1.80. The predicted molar refractivity (Wildman–Crippen MR) is 79.3 cm³/mol. The zero-order valence-electron chi connectivity index (χ0n) is 11.9. The van der Waals surface area contributed by atoms with E-state index in [1.807, 2.05) is 25.1 Å². The maximum atomic E-state index is 12.5. The number of H-pyrrole nitrogens is 1. The summed E-state index contributed by atoms with van der Waals surface area (Å²) in [6.07, 6.45) is 1.42. The highest BCUT2D eigenvalue weighted by atomic mass is 16.2. The monoisotopic (exact) mass is 283 g/mol. The molecule has 0 spiro atoms. The molecule has 0 saturated heterocycles. The van der Waals surface area contributed by atoms with E-state index >= 15 is 0 Å². The highest BCUT2D eigenvalue weighted by Crippen LogP contribution is 2.14. The van der Waals surface area contributed by atoms with E-state index in [-0.39, 0.29) is 11.5 Å². The quantitative estimate of drug-likeness (QED) is 0.858. The van der Waals surface area contributed by atoms with E-state index in [0.717, 1.165) is 23.4 Å². The summed E-state index contributed by atoms with van der Waals surface area (Å²) >= 11 is 0. The van der Waals surface area contributed by atoms with E-state index in [4.69, 9.17) is 0 Å². The molecule has 5 nitrogen and oxygen atoms in total. The van der Waals surface area contributed by atoms with Crippen LogP contribution in [0.5, 0.6) is 0 Å². The number of carbonyl (C=O) groups excluding carboxylic acids is 1. The summed E-state index contributed by atoms with van der Waals surface area (Å²) in [4.78, 5) is 32.9. The number of fused-ring (bicyclic) bond motifs is 1. The summed E-state index contributed by atoms with van der Waals surface area (Å²) in [6.45, 7) is 3.12. The first-order valence-corrected chi connectivity index (χ1v) is 7.07. The van der Waals surface area contributed by atoms with E-state index in [0.29, 0.717) is 25.2 Å². The fourth-order valence-corrected chi connectivity index (χ4v) is 2.65. The lowest BCUT2D eigenvalue weighted by Gasteiger charge is -2.19. The Bertz CT molecular complexity index is 736. The predicted octanol–water partition coefficient (Wildman–Crippen LogP) is 1.32. The number of aromatic nitrogens is 2. The number of hydrogen-bond donors (Lipinski definition) is 1. The normalized spacial score (nSPS) is 14.4. The summed E-state index contributed by atoms with van der Waals surface area (Å²) in [5, 5.41) is 0. The van der Waals surface area contributed by atoms with Crippen LogP contribution in [0.25, 0.3) is 0 Å². The van der Waals surface area contributed by atoms with Crippen molar-refractivity contribution in [2.24, 2.45) is 0 Å². The number of pyridine rings is 2. The molecule has 0 radical (unpaired) electrons. The lowest BCUT2D eigenvalue weighted by molar-refractivity contribution is 0.0757. The van der Waals surface area contributed by atoms with Crippen molar-refractivity contribution in [3.05, 3.63) is 63.3 Å². The van der Waals surface area contributed by atoms with Crippen LogP contribution in [0.4, 0.5) is 0 Å². The average Bonchev–Trinajstić information content (AvgIpc) is 2.68. The number of aryl methyl sites for hydroxylation is 1. The van der Waals surface area contributed by atoms with Crippen molar-refractivity contribution in [1.82, 2.24) is 14.9 Å². The molecular weight excluding hydrogens is 266 g/mol. The van der Waals surface area contributed by atoms with Crippen molar-refractivity contribution in [2.75, 3.05) is 13.1 Å². The molecule has 0 saturated carbocycles. The molecule has 1 N–H and O–H groups in total. The minimum absolute atomic E-state index is 0.0474. The van der Waals surface area contributed by atoms with Gasteiger partial charge in [0.15, 0.2) is 0 Å². The maximum absolute atomic E-state index is 12.5. The molecule has 108 valence electrons. The molecule has 0 bridgehead atoms. The fraction of sp³-hybridized carbons (Fsp3) is 0.312. The molecule has 2 aromatic heterocycles. The Kier molecular flexibility index (Phi) is 3.56. The van der Waals surface area contributed by atoms with Crippen molar-refractivity contribution < 1.29 is 4.79 Å². The topological polar surface area (TPSA) is 66.1 Å². The van der Waals surface area contributed by atoms with Gasteiger partial charge in [-0.15, -0.1) is 0 Å². The molecule has 2 aromatic rings. The minimum atomic E-state index is -0.0890. The number of aromatic amines is 1. The average molecular weight is 283 g/mol. The van der Waals surface area contributed by atoms with Gasteiger partial charge < -0.3 is 9.88 Å². The van der Waals surface area contributed by atoms with Gasteiger partial charge >= 0.3 is 0 Å². The zero-order valence-corrected chi connectivity index (χ0v) is 11.9. The second-order valence-corrected chi connectivity index (χ2v) is 5.28. The molecule has 3 heterocycles.